The highest BCUT2D eigenvalue weighted by Gasteiger charge is 2.30. The minimum absolute atomic E-state index is 0.000878. The lowest BCUT2D eigenvalue weighted by molar-refractivity contribution is 0.234. The van der Waals surface area contributed by atoms with Crippen LogP contribution >= 0.6 is 22.9 Å². The van der Waals surface area contributed by atoms with E-state index in [1.807, 2.05) is 26.0 Å². The van der Waals surface area contributed by atoms with Crippen molar-refractivity contribution >= 4 is 66.8 Å². The topological polar surface area (TPSA) is 121 Å². The summed E-state index contributed by atoms with van der Waals surface area (Å²) in [7, 11) is 5.92. The molecule has 0 amide bonds. The van der Waals surface area contributed by atoms with Gasteiger partial charge in [0.25, 0.3) is 0 Å². The van der Waals surface area contributed by atoms with Crippen LogP contribution in [-0.4, -0.2) is 85.9 Å². The van der Waals surface area contributed by atoms with E-state index in [2.05, 4.69) is 33.1 Å². The Labute approximate surface area is 257 Å². The average Bonchev–Trinajstić information content (AvgIpc) is 3.36. The summed E-state index contributed by atoms with van der Waals surface area (Å²) in [6, 6.07) is 6.79. The largest absolute Gasteiger partial charge is 0.382 e. The summed E-state index contributed by atoms with van der Waals surface area (Å²) < 4.78 is 31.7. The van der Waals surface area contributed by atoms with Gasteiger partial charge in [0.1, 0.15) is 28.7 Å². The van der Waals surface area contributed by atoms with Crippen molar-refractivity contribution in [2.24, 2.45) is 0 Å². The summed E-state index contributed by atoms with van der Waals surface area (Å²) in [5.41, 5.74) is 7.85. The number of anilines is 2. The standard InChI is InChI=1S/C30H32ClF2N9S/c1-16-15-42(12-11-41(16)4)28-18-13-20(31)23(17-5-6-21(32)29-27(17)39-30(36)43-29)24(33)26(18)38-25(19(28)14-35)22(7-8-34)37-9-10-40(2)3/h5-8,13,16,34,37H,9-12,15H2,1-4H3,(H2,36,39)/b22-7-,34-8?. The Morgan fingerprint density at radius 1 is 1.30 bits per heavy atom. The lowest BCUT2D eigenvalue weighted by atomic mass is 9.97. The minimum Gasteiger partial charge on any atom is -0.382 e. The molecular formula is C30H32ClF2N9S. The minimum atomic E-state index is -0.723. The molecule has 0 spiro atoms. The molecule has 0 aliphatic carbocycles. The van der Waals surface area contributed by atoms with Crippen molar-refractivity contribution in [3.8, 4) is 17.2 Å². The number of thiazole rings is 1. The van der Waals surface area contributed by atoms with Crippen LogP contribution in [0.1, 0.15) is 18.2 Å². The normalized spacial score (nSPS) is 16.3. The fourth-order valence-electron chi connectivity index (χ4n) is 5.35. The number of likely N-dealkylation sites (N-methyl/N-ethyl adjacent to an activating group) is 2. The first-order valence-electron chi connectivity index (χ1n) is 13.7. The molecule has 0 radical (unpaired) electrons. The van der Waals surface area contributed by atoms with Crippen LogP contribution in [0.5, 0.6) is 0 Å². The lowest BCUT2D eigenvalue weighted by Gasteiger charge is -2.40. The number of nitriles is 1. The molecule has 4 N–H and O–H groups in total. The van der Waals surface area contributed by atoms with Crippen LogP contribution in [0.4, 0.5) is 19.6 Å². The molecule has 2 aromatic carbocycles. The molecule has 0 bridgehead atoms. The van der Waals surface area contributed by atoms with Gasteiger partial charge in [-0.1, -0.05) is 22.9 Å². The van der Waals surface area contributed by atoms with Crippen molar-refractivity contribution in [3.63, 3.8) is 0 Å². The number of aromatic nitrogens is 2. The zero-order valence-corrected chi connectivity index (χ0v) is 25.9. The number of nitrogens with zero attached hydrogens (tertiary/aromatic N) is 6. The van der Waals surface area contributed by atoms with Crippen molar-refractivity contribution in [3.05, 3.63) is 52.2 Å². The molecule has 4 aromatic rings. The monoisotopic (exact) mass is 623 g/mol. The van der Waals surface area contributed by atoms with E-state index in [9.17, 15) is 9.65 Å². The van der Waals surface area contributed by atoms with Crippen molar-refractivity contribution in [2.75, 3.05) is 64.5 Å². The predicted molar refractivity (Wildman–Crippen MR) is 172 cm³/mol. The second-order valence-electron chi connectivity index (χ2n) is 10.8. The number of halogens is 3. The molecule has 1 aliphatic heterocycles. The van der Waals surface area contributed by atoms with E-state index < -0.39 is 11.6 Å². The van der Waals surface area contributed by atoms with Gasteiger partial charge in [0.05, 0.1) is 26.6 Å². The first-order valence-corrected chi connectivity index (χ1v) is 14.9. The van der Waals surface area contributed by atoms with Crippen LogP contribution in [0.25, 0.3) is 37.9 Å². The fraction of sp³-hybridized carbons (Fsp3) is 0.333. The molecule has 1 atom stereocenters. The van der Waals surface area contributed by atoms with E-state index >= 15 is 4.39 Å². The third kappa shape index (κ3) is 5.73. The van der Waals surface area contributed by atoms with Gasteiger partial charge in [0.2, 0.25) is 0 Å². The maximum absolute atomic E-state index is 16.9. The molecule has 1 aliphatic rings. The molecule has 5 rings (SSSR count). The highest BCUT2D eigenvalue weighted by atomic mass is 35.5. The van der Waals surface area contributed by atoms with Gasteiger partial charge in [0.15, 0.2) is 10.9 Å². The summed E-state index contributed by atoms with van der Waals surface area (Å²) in [5.74, 6) is -1.24. The number of fused-ring (bicyclic) bond motifs is 2. The molecule has 224 valence electrons. The Balaban J connectivity index is 1.82. The van der Waals surface area contributed by atoms with Crippen LogP contribution in [0.3, 0.4) is 0 Å². The second kappa shape index (κ2) is 12.4. The Morgan fingerprint density at radius 2 is 2.07 bits per heavy atom. The molecule has 13 heteroatoms. The number of allylic oxidation sites excluding steroid dienone is 1. The average molecular weight is 624 g/mol. The third-order valence-corrected chi connectivity index (χ3v) is 8.88. The number of pyridine rings is 1. The third-order valence-electron chi connectivity index (χ3n) is 7.69. The van der Waals surface area contributed by atoms with Gasteiger partial charge < -0.3 is 31.2 Å². The predicted octanol–water partition coefficient (Wildman–Crippen LogP) is 5.18. The van der Waals surface area contributed by atoms with E-state index in [-0.39, 0.29) is 54.3 Å². The second-order valence-corrected chi connectivity index (χ2v) is 12.3. The van der Waals surface area contributed by atoms with Gasteiger partial charge >= 0.3 is 0 Å². The van der Waals surface area contributed by atoms with E-state index in [0.29, 0.717) is 42.9 Å². The van der Waals surface area contributed by atoms with Gasteiger partial charge in [0, 0.05) is 61.5 Å². The summed E-state index contributed by atoms with van der Waals surface area (Å²) in [6.45, 7) is 5.21. The number of rotatable bonds is 8. The number of hydrogen-bond donors (Lipinski definition) is 3. The van der Waals surface area contributed by atoms with Crippen LogP contribution in [0.15, 0.2) is 24.3 Å². The summed E-state index contributed by atoms with van der Waals surface area (Å²) >= 11 is 7.79. The van der Waals surface area contributed by atoms with E-state index in [1.54, 1.807) is 6.07 Å². The number of nitrogen functional groups attached to an aromatic ring is 1. The van der Waals surface area contributed by atoms with Crippen molar-refractivity contribution in [1.82, 2.24) is 25.1 Å². The first-order chi connectivity index (χ1) is 20.5. The lowest BCUT2D eigenvalue weighted by Crippen LogP contribution is -2.50. The zero-order valence-electron chi connectivity index (χ0n) is 24.3. The van der Waals surface area contributed by atoms with Crippen LogP contribution in [0, 0.1) is 28.4 Å². The Bertz CT molecular complexity index is 1800. The molecular weight excluding hydrogens is 592 g/mol. The van der Waals surface area contributed by atoms with E-state index in [0.717, 1.165) is 24.1 Å². The summed E-state index contributed by atoms with van der Waals surface area (Å²) in [5, 5.41) is 22.2. The van der Waals surface area contributed by atoms with Crippen LogP contribution in [-0.2, 0) is 0 Å². The fourth-order valence-corrected chi connectivity index (χ4v) is 6.41. The smallest absolute Gasteiger partial charge is 0.181 e. The quantitative estimate of drug-likeness (QED) is 0.230. The molecule has 1 saturated heterocycles. The molecule has 1 unspecified atom stereocenters. The van der Waals surface area contributed by atoms with Crippen molar-refractivity contribution < 1.29 is 8.78 Å². The summed E-state index contributed by atoms with van der Waals surface area (Å²) in [4.78, 5) is 15.3. The molecule has 2 aromatic heterocycles. The molecule has 9 nitrogen and oxygen atoms in total. The number of nitrogens with two attached hydrogens (primary N) is 1. The van der Waals surface area contributed by atoms with Gasteiger partial charge in [-0.3, -0.25) is 0 Å². The number of nitrogens with one attached hydrogen (secondary N) is 2. The Morgan fingerprint density at radius 3 is 2.74 bits per heavy atom. The van der Waals surface area contributed by atoms with Crippen LogP contribution in [0.2, 0.25) is 5.02 Å². The Hall–Kier alpha value is -3.89. The van der Waals surface area contributed by atoms with E-state index in [4.69, 9.17) is 27.7 Å². The SMILES string of the molecule is CC1CN(c2c(C#N)c(/C(=C/C=N)NCCN(C)C)nc3c(F)c(-c4ccc(F)c5sc(N)nc45)c(Cl)cc23)CCN1C. The van der Waals surface area contributed by atoms with Gasteiger partial charge in [-0.15, -0.1) is 0 Å². The number of benzene rings is 2. The number of piperazine rings is 1. The number of hydrogen-bond acceptors (Lipinski definition) is 10. The van der Waals surface area contributed by atoms with Gasteiger partial charge in [-0.25, -0.2) is 18.7 Å². The maximum Gasteiger partial charge on any atom is 0.181 e. The van der Waals surface area contributed by atoms with E-state index in [1.165, 1.54) is 18.2 Å². The zero-order chi connectivity index (χ0) is 31.0. The first kappa shape index (κ1) is 30.6. The van der Waals surface area contributed by atoms with Crippen molar-refractivity contribution in [1.29, 1.82) is 10.7 Å². The molecule has 0 saturated carbocycles. The van der Waals surface area contributed by atoms with Crippen molar-refractivity contribution in [2.45, 2.75) is 13.0 Å². The molecule has 1 fully saturated rings. The van der Waals surface area contributed by atoms with Gasteiger partial charge in [-0.2, -0.15) is 5.26 Å². The summed E-state index contributed by atoms with van der Waals surface area (Å²) in [6.07, 6.45) is 2.62. The van der Waals surface area contributed by atoms with Gasteiger partial charge in [-0.05, 0) is 52.3 Å². The highest BCUT2D eigenvalue weighted by Crippen LogP contribution is 2.44. The maximum atomic E-state index is 16.9. The highest BCUT2D eigenvalue weighted by molar-refractivity contribution is 7.22. The molecule has 3 heterocycles. The van der Waals surface area contributed by atoms with Crippen LogP contribution < -0.4 is 16.0 Å². The molecule has 43 heavy (non-hydrogen) atoms. The Kier molecular flexibility index (Phi) is 8.80.